The van der Waals surface area contributed by atoms with Crippen molar-refractivity contribution >= 4 is 21.7 Å². The zero-order chi connectivity index (χ0) is 22.1. The van der Waals surface area contributed by atoms with Gasteiger partial charge >= 0.3 is 6.03 Å². The lowest BCUT2D eigenvalue weighted by Crippen LogP contribution is -2.40. The summed E-state index contributed by atoms with van der Waals surface area (Å²) in [4.78, 5) is 14.6. The second-order valence-corrected chi connectivity index (χ2v) is 10.3. The fraction of sp³-hybridized carbons (Fsp3) is 0.591. The lowest BCUT2D eigenvalue weighted by molar-refractivity contribution is 0.180. The number of carbonyl (C=O) groups is 1. The molecule has 3 N–H and O–H groups in total. The average Bonchev–Trinajstić information content (AvgIpc) is 3.26. The highest BCUT2D eigenvalue weighted by molar-refractivity contribution is 7.92. The minimum atomic E-state index is -3.96. The second-order valence-electron chi connectivity index (χ2n) is 8.78. The molecule has 0 aliphatic heterocycles. The molecule has 1 unspecified atom stereocenters. The van der Waals surface area contributed by atoms with Gasteiger partial charge < -0.3 is 15.3 Å². The molecule has 2 aliphatic carbocycles. The molecule has 0 radical (unpaired) electrons. The van der Waals surface area contributed by atoms with Crippen LogP contribution >= 0.6 is 0 Å². The van der Waals surface area contributed by atoms with E-state index in [1.54, 1.807) is 6.08 Å². The van der Waals surface area contributed by atoms with Crippen LogP contribution in [-0.2, 0) is 29.3 Å². The topological polar surface area (TPSA) is 98.7 Å². The summed E-state index contributed by atoms with van der Waals surface area (Å²) in [5.74, 6) is 0. The molecule has 0 fully saturated rings. The molecule has 1 aromatic carbocycles. The van der Waals surface area contributed by atoms with Crippen LogP contribution in [0.3, 0.4) is 0 Å². The Labute approximate surface area is 179 Å². The zero-order valence-electron chi connectivity index (χ0n) is 18.3. The summed E-state index contributed by atoms with van der Waals surface area (Å²) in [5.41, 5.74) is 4.14. The van der Waals surface area contributed by atoms with E-state index >= 15 is 0 Å². The van der Waals surface area contributed by atoms with Crippen LogP contribution < -0.4 is 10.0 Å². The van der Waals surface area contributed by atoms with E-state index in [0.717, 1.165) is 60.6 Å². The third-order valence-corrected chi connectivity index (χ3v) is 7.37. The summed E-state index contributed by atoms with van der Waals surface area (Å²) in [6, 6.07) is 1.33. The molecular formula is C22H33N3O4S. The van der Waals surface area contributed by atoms with Gasteiger partial charge in [0.05, 0.1) is 11.8 Å². The van der Waals surface area contributed by atoms with Crippen LogP contribution in [0.4, 0.5) is 10.5 Å². The Balaban J connectivity index is 1.79. The second kappa shape index (κ2) is 8.69. The molecule has 2 amide bonds. The van der Waals surface area contributed by atoms with Gasteiger partial charge in [-0.1, -0.05) is 25.5 Å². The highest BCUT2D eigenvalue weighted by atomic mass is 32.2. The standard InChI is InChI=1S/C22H33N3O4S/c1-5-11-22(2,25(3)4)12-13-30(28,29)24-21(27)23-20-17-8-6-7-15(17)14-16-9-10-18(26)19(16)20/h12-14,18,26H,5-11H2,1-4H3,(H2,23,24,27)/b13-12+/t18?,22-/m1/s1. The van der Waals surface area contributed by atoms with Crippen molar-refractivity contribution < 1.29 is 18.3 Å². The maximum atomic E-state index is 12.6. The maximum absolute atomic E-state index is 12.6. The molecule has 7 nitrogen and oxygen atoms in total. The van der Waals surface area contributed by atoms with Crippen molar-refractivity contribution in [1.82, 2.24) is 9.62 Å². The van der Waals surface area contributed by atoms with E-state index < -0.39 is 27.7 Å². The first-order valence-electron chi connectivity index (χ1n) is 10.6. The summed E-state index contributed by atoms with van der Waals surface area (Å²) in [5, 5.41) is 14.2. The van der Waals surface area contributed by atoms with Crippen molar-refractivity contribution in [2.45, 2.75) is 70.4 Å². The first kappa shape index (κ1) is 22.8. The summed E-state index contributed by atoms with van der Waals surface area (Å²) in [7, 11) is -0.164. The first-order valence-corrected chi connectivity index (χ1v) is 12.2. The molecule has 8 heteroatoms. The summed E-state index contributed by atoms with van der Waals surface area (Å²) >= 11 is 0. The van der Waals surface area contributed by atoms with Gasteiger partial charge in [0, 0.05) is 16.5 Å². The van der Waals surface area contributed by atoms with Crippen molar-refractivity contribution in [1.29, 1.82) is 0 Å². The van der Waals surface area contributed by atoms with Gasteiger partial charge in [0.25, 0.3) is 10.0 Å². The molecular weight excluding hydrogens is 402 g/mol. The molecule has 0 aromatic heterocycles. The number of rotatable bonds is 7. The number of benzene rings is 1. The molecule has 0 heterocycles. The number of likely N-dealkylation sites (N-methyl/N-ethyl adjacent to an activating group) is 1. The van der Waals surface area contributed by atoms with E-state index in [4.69, 9.17) is 0 Å². The number of aryl methyl sites for hydroxylation is 2. The van der Waals surface area contributed by atoms with E-state index in [0.29, 0.717) is 12.1 Å². The number of amides is 2. The van der Waals surface area contributed by atoms with Crippen LogP contribution in [-0.4, -0.2) is 44.1 Å². The van der Waals surface area contributed by atoms with Crippen molar-refractivity contribution in [3.63, 3.8) is 0 Å². The van der Waals surface area contributed by atoms with Gasteiger partial charge in [0.2, 0.25) is 0 Å². The quantitative estimate of drug-likeness (QED) is 0.611. The summed E-state index contributed by atoms with van der Waals surface area (Å²) in [6.07, 6.45) is 6.81. The number of urea groups is 1. The predicted molar refractivity (Wildman–Crippen MR) is 119 cm³/mol. The highest BCUT2D eigenvalue weighted by Crippen LogP contribution is 2.42. The van der Waals surface area contributed by atoms with E-state index in [1.807, 2.05) is 32.8 Å². The van der Waals surface area contributed by atoms with Gasteiger partial charge in [-0.3, -0.25) is 0 Å². The van der Waals surface area contributed by atoms with Crippen molar-refractivity contribution in [2.75, 3.05) is 19.4 Å². The van der Waals surface area contributed by atoms with Crippen molar-refractivity contribution in [3.8, 4) is 0 Å². The van der Waals surface area contributed by atoms with E-state index in [2.05, 4.69) is 16.1 Å². The Kier molecular flexibility index (Phi) is 6.60. The molecule has 2 aliphatic rings. The molecule has 3 rings (SSSR count). The minimum absolute atomic E-state index is 0.425. The molecule has 0 saturated heterocycles. The van der Waals surface area contributed by atoms with Gasteiger partial charge in [0.15, 0.2) is 0 Å². The molecule has 30 heavy (non-hydrogen) atoms. The molecule has 0 bridgehead atoms. The van der Waals surface area contributed by atoms with Gasteiger partial charge in [-0.05, 0) is 76.2 Å². The van der Waals surface area contributed by atoms with Gasteiger partial charge in [-0.2, -0.15) is 0 Å². The first-order chi connectivity index (χ1) is 14.1. The van der Waals surface area contributed by atoms with Crippen molar-refractivity contribution in [3.05, 3.63) is 39.8 Å². The molecule has 166 valence electrons. The number of nitrogens with one attached hydrogen (secondary N) is 2. The summed E-state index contributed by atoms with van der Waals surface area (Å²) in [6.45, 7) is 4.00. The Morgan fingerprint density at radius 3 is 2.70 bits per heavy atom. The Morgan fingerprint density at radius 1 is 1.30 bits per heavy atom. The molecule has 1 aromatic rings. The SMILES string of the molecule is CCC[C@](C)(/C=C/S(=O)(=O)NC(=O)Nc1c2c(cc3c1C(O)CC3)CCC2)N(C)C. The lowest BCUT2D eigenvalue weighted by atomic mass is 9.95. The number of hydrogen-bond acceptors (Lipinski definition) is 5. The third-order valence-electron chi connectivity index (χ3n) is 6.40. The predicted octanol–water partition coefficient (Wildman–Crippen LogP) is 3.24. The number of sulfonamides is 1. The molecule has 0 saturated carbocycles. The fourth-order valence-corrected chi connectivity index (χ4v) is 5.34. The van der Waals surface area contributed by atoms with Crippen LogP contribution in [0.25, 0.3) is 0 Å². The number of hydrogen-bond donors (Lipinski definition) is 3. The van der Waals surface area contributed by atoms with E-state index in [-0.39, 0.29) is 0 Å². The maximum Gasteiger partial charge on any atom is 0.333 e. The number of carbonyl (C=O) groups excluding carboxylic acids is 1. The summed E-state index contributed by atoms with van der Waals surface area (Å²) < 4.78 is 27.1. The van der Waals surface area contributed by atoms with E-state index in [1.165, 1.54) is 5.56 Å². The van der Waals surface area contributed by atoms with Gasteiger partial charge in [0.1, 0.15) is 0 Å². The van der Waals surface area contributed by atoms with E-state index in [9.17, 15) is 18.3 Å². The number of fused-ring (bicyclic) bond motifs is 2. The highest BCUT2D eigenvalue weighted by Gasteiger charge is 2.30. The Hall–Kier alpha value is -1.90. The van der Waals surface area contributed by atoms with Gasteiger partial charge in [-0.15, -0.1) is 0 Å². The van der Waals surface area contributed by atoms with Crippen LogP contribution in [0, 0.1) is 0 Å². The minimum Gasteiger partial charge on any atom is -0.388 e. The van der Waals surface area contributed by atoms with Gasteiger partial charge in [-0.25, -0.2) is 17.9 Å². The Bertz CT molecular complexity index is 956. The van der Waals surface area contributed by atoms with Crippen LogP contribution in [0.2, 0.25) is 0 Å². The lowest BCUT2D eigenvalue weighted by Gasteiger charge is -2.33. The third kappa shape index (κ3) is 4.71. The average molecular weight is 436 g/mol. The Morgan fingerprint density at radius 2 is 2.03 bits per heavy atom. The number of nitrogens with zero attached hydrogens (tertiary/aromatic N) is 1. The van der Waals surface area contributed by atoms with Crippen molar-refractivity contribution in [2.24, 2.45) is 0 Å². The number of aliphatic hydroxyl groups excluding tert-OH is 1. The number of aliphatic hydroxyl groups is 1. The molecule has 0 spiro atoms. The molecule has 2 atom stereocenters. The zero-order valence-corrected chi connectivity index (χ0v) is 19.1. The smallest absolute Gasteiger partial charge is 0.333 e. The number of anilines is 1. The fourth-order valence-electron chi connectivity index (χ4n) is 4.49. The van der Waals surface area contributed by atoms with Crippen LogP contribution in [0.15, 0.2) is 17.6 Å². The monoisotopic (exact) mass is 435 g/mol. The van der Waals surface area contributed by atoms with Crippen LogP contribution in [0.5, 0.6) is 0 Å². The van der Waals surface area contributed by atoms with Crippen LogP contribution in [0.1, 0.15) is 67.9 Å². The largest absolute Gasteiger partial charge is 0.388 e. The normalized spacial score (nSPS) is 20.3.